The van der Waals surface area contributed by atoms with Gasteiger partial charge in [0.1, 0.15) is 5.82 Å². The van der Waals surface area contributed by atoms with Crippen LogP contribution >= 0.6 is 27.7 Å². The van der Waals surface area contributed by atoms with Crippen LogP contribution in [-0.4, -0.2) is 68.1 Å². The zero-order valence-electron chi connectivity index (χ0n) is 37.0. The first-order valence-electron chi connectivity index (χ1n) is 21.8. The summed E-state index contributed by atoms with van der Waals surface area (Å²) in [6, 6.07) is 19.8. The van der Waals surface area contributed by atoms with Crippen molar-refractivity contribution in [2.75, 3.05) is 23.7 Å². The monoisotopic (exact) mass is 1020 g/mol. The summed E-state index contributed by atoms with van der Waals surface area (Å²) in [6.07, 6.45) is 0.604. The maximum atomic E-state index is 14.0. The molecule has 68 heavy (non-hydrogen) atoms. The van der Waals surface area contributed by atoms with E-state index in [0.717, 1.165) is 59.2 Å². The number of aromatic nitrogens is 4. The molecule has 9 rings (SSSR count). The molecule has 356 valence electrons. The van der Waals surface area contributed by atoms with E-state index < -0.39 is 25.2 Å². The van der Waals surface area contributed by atoms with Crippen LogP contribution in [0.25, 0.3) is 33.8 Å². The Morgan fingerprint density at radius 2 is 1.15 bits per heavy atom. The first-order chi connectivity index (χ1) is 32.3. The molecule has 0 saturated heterocycles. The van der Waals surface area contributed by atoms with Gasteiger partial charge in [0.15, 0.2) is 11.3 Å². The minimum absolute atomic E-state index is 0.0708. The molecular formula is C49H46BrF7N8O2S. The third kappa shape index (κ3) is 12.3. The lowest BCUT2D eigenvalue weighted by Gasteiger charge is -2.14. The van der Waals surface area contributed by atoms with Crippen molar-refractivity contribution in [3.8, 4) is 22.5 Å². The minimum atomic E-state index is -4.29. The first-order valence-corrected chi connectivity index (χ1v) is 23.5. The predicted octanol–water partition coefficient (Wildman–Crippen LogP) is 12.5. The van der Waals surface area contributed by atoms with Crippen molar-refractivity contribution in [2.24, 2.45) is 0 Å². The summed E-state index contributed by atoms with van der Waals surface area (Å²) in [6.45, 7) is 5.01. The van der Waals surface area contributed by atoms with Crippen molar-refractivity contribution in [2.45, 2.75) is 93.5 Å². The Morgan fingerprint density at radius 3 is 1.60 bits per heavy atom. The number of aryl methyl sites for hydroxylation is 3. The van der Waals surface area contributed by atoms with Gasteiger partial charge in [0.05, 0.1) is 48.0 Å². The molecule has 2 amide bonds. The second-order valence-electron chi connectivity index (χ2n) is 17.0. The lowest BCUT2D eigenvalue weighted by atomic mass is 10.0. The number of hydrogen-bond acceptors (Lipinski definition) is 7. The van der Waals surface area contributed by atoms with Crippen molar-refractivity contribution in [1.82, 2.24) is 29.4 Å². The molecule has 0 atom stereocenters. The smallest absolute Gasteiger partial charge is 0.382 e. The van der Waals surface area contributed by atoms with Gasteiger partial charge in [-0.25, -0.2) is 14.4 Å². The summed E-state index contributed by atoms with van der Waals surface area (Å²) < 4.78 is 94.2. The lowest BCUT2D eigenvalue weighted by molar-refractivity contribution is -0.132. The number of alkyl halides is 6. The van der Waals surface area contributed by atoms with Crippen molar-refractivity contribution in [1.29, 1.82) is 0 Å². The van der Waals surface area contributed by atoms with Crippen LogP contribution in [0.2, 0.25) is 0 Å². The number of fused-ring (bicyclic) bond motifs is 2. The van der Waals surface area contributed by atoms with Gasteiger partial charge in [-0.1, -0.05) is 23.9 Å². The molecule has 0 radical (unpaired) electrons. The fraction of sp³-hybridized carbons (Fsp3) is 0.306. The van der Waals surface area contributed by atoms with E-state index in [9.17, 15) is 40.3 Å². The second kappa shape index (κ2) is 19.9. The van der Waals surface area contributed by atoms with Crippen LogP contribution in [-0.2, 0) is 0 Å². The van der Waals surface area contributed by atoms with E-state index in [1.165, 1.54) is 23.9 Å². The molecule has 19 heteroatoms. The minimum Gasteiger partial charge on any atom is -0.382 e. The molecule has 2 aliphatic carbocycles. The van der Waals surface area contributed by atoms with Crippen molar-refractivity contribution < 1.29 is 40.3 Å². The number of benzene rings is 3. The number of carbonyl (C=O) groups is 2. The number of nitrogens with one attached hydrogen (secondary N) is 4. The van der Waals surface area contributed by atoms with Gasteiger partial charge in [-0.05, 0) is 134 Å². The Labute approximate surface area is 399 Å². The Hall–Kier alpha value is -6.08. The summed E-state index contributed by atoms with van der Waals surface area (Å²) in [5.41, 5.74) is 8.77. The molecule has 4 heterocycles. The van der Waals surface area contributed by atoms with Crippen LogP contribution in [0.5, 0.6) is 0 Å². The number of rotatable bonds is 14. The van der Waals surface area contributed by atoms with E-state index in [0.29, 0.717) is 53.8 Å². The van der Waals surface area contributed by atoms with Crippen LogP contribution in [0.1, 0.15) is 75.9 Å². The maximum Gasteiger partial charge on any atom is 0.390 e. The van der Waals surface area contributed by atoms with E-state index in [-0.39, 0.29) is 42.8 Å². The van der Waals surface area contributed by atoms with Crippen LogP contribution in [0.4, 0.5) is 42.1 Å². The lowest BCUT2D eigenvalue weighted by Crippen LogP contribution is -2.26. The third-order valence-corrected chi connectivity index (χ3v) is 12.6. The van der Waals surface area contributed by atoms with Gasteiger partial charge in [0.25, 0.3) is 11.8 Å². The van der Waals surface area contributed by atoms with Gasteiger partial charge >= 0.3 is 12.4 Å². The number of pyridine rings is 2. The molecular weight excluding hydrogens is 978 g/mol. The summed E-state index contributed by atoms with van der Waals surface area (Å²) in [5.74, 6) is -0.532. The fourth-order valence-corrected chi connectivity index (χ4v) is 9.03. The summed E-state index contributed by atoms with van der Waals surface area (Å²) in [7, 11) is 0. The largest absolute Gasteiger partial charge is 0.390 e. The molecule has 0 aliphatic heterocycles. The van der Waals surface area contributed by atoms with Gasteiger partial charge in [-0.3, -0.25) is 18.4 Å². The molecule has 2 saturated carbocycles. The highest BCUT2D eigenvalue weighted by molar-refractivity contribution is 9.10. The molecule has 4 N–H and O–H groups in total. The van der Waals surface area contributed by atoms with Crippen molar-refractivity contribution in [3.63, 3.8) is 0 Å². The molecule has 0 unspecified atom stereocenters. The molecule has 0 spiro atoms. The van der Waals surface area contributed by atoms with Crippen LogP contribution in [0, 0.1) is 26.6 Å². The van der Waals surface area contributed by atoms with Gasteiger partial charge in [-0.15, -0.1) is 0 Å². The molecule has 0 bridgehead atoms. The molecule has 10 nitrogen and oxygen atoms in total. The van der Waals surface area contributed by atoms with E-state index in [4.69, 9.17) is 0 Å². The number of carbonyl (C=O) groups excluding carboxylic acids is 2. The van der Waals surface area contributed by atoms with Crippen molar-refractivity contribution >= 4 is 62.2 Å². The van der Waals surface area contributed by atoms with Crippen LogP contribution in [0.15, 0.2) is 106 Å². The molecule has 4 aromatic heterocycles. The first kappa shape index (κ1) is 48.4. The second-order valence-corrected chi connectivity index (χ2v) is 19.1. The Balaban J connectivity index is 0.000000189. The number of amides is 2. The van der Waals surface area contributed by atoms with E-state index in [2.05, 4.69) is 47.2 Å². The zero-order valence-corrected chi connectivity index (χ0v) is 39.4. The van der Waals surface area contributed by atoms with Gasteiger partial charge in [0, 0.05) is 74.1 Å². The Morgan fingerprint density at radius 1 is 0.662 bits per heavy atom. The van der Waals surface area contributed by atoms with E-state index >= 15 is 0 Å². The highest BCUT2D eigenvalue weighted by Gasteiger charge is 2.29. The van der Waals surface area contributed by atoms with Crippen molar-refractivity contribution in [3.05, 3.63) is 130 Å². The van der Waals surface area contributed by atoms with E-state index in [1.54, 1.807) is 43.6 Å². The van der Waals surface area contributed by atoms with Gasteiger partial charge in [0.2, 0.25) is 0 Å². The SMILES string of the molecule is Cc1cc(-c2cnc3c(NCCC(F)(F)F)cc(Br)cn23)ccc1C(=O)NC1CC1.Cc1cc(F)cc(Sc2cc(NCCC(F)(F)F)c3ncc(-c4ccc(C(=O)NC5CC5)c(C)c4)n3c2)c1. The average Bonchev–Trinajstić information content (AvgIpc) is 4.16. The number of imidazole rings is 2. The maximum absolute atomic E-state index is 14.0. The summed E-state index contributed by atoms with van der Waals surface area (Å²) in [5, 5.41) is 11.7. The summed E-state index contributed by atoms with van der Waals surface area (Å²) in [4.78, 5) is 35.2. The summed E-state index contributed by atoms with van der Waals surface area (Å²) >= 11 is 4.72. The zero-order chi connectivity index (χ0) is 48.5. The number of anilines is 2. The number of hydrogen-bond donors (Lipinski definition) is 4. The van der Waals surface area contributed by atoms with Gasteiger partial charge in [-0.2, -0.15) is 26.3 Å². The quantitative estimate of drug-likeness (QED) is 0.0802. The Bertz CT molecular complexity index is 3000. The molecule has 7 aromatic rings. The number of halogens is 8. The van der Waals surface area contributed by atoms with Crippen LogP contribution < -0.4 is 21.3 Å². The highest BCUT2D eigenvalue weighted by Crippen LogP contribution is 2.36. The topological polar surface area (TPSA) is 117 Å². The predicted molar refractivity (Wildman–Crippen MR) is 253 cm³/mol. The fourth-order valence-electron chi connectivity index (χ4n) is 7.57. The molecule has 3 aromatic carbocycles. The Kier molecular flexibility index (Phi) is 14.1. The normalized spacial score (nSPS) is 13.9. The number of nitrogens with zero attached hydrogens (tertiary/aromatic N) is 4. The molecule has 2 fully saturated rings. The highest BCUT2D eigenvalue weighted by atomic mass is 79.9. The van der Waals surface area contributed by atoms with E-state index in [1.807, 2.05) is 65.4 Å². The standard InChI is InChI=1S/C28H26F4N4OS.C21H20BrF3N4O/c1-16-9-19(29)12-21(10-16)38-22-13-24(33-8-7-28(30,31)32)26-34-14-25(36(26)15-22)18-3-6-23(17(2)11-18)27(37)35-20-4-5-20;1-12-8-13(2-5-16(12)20(30)28-15-3-4-15)18-10-27-19-17(9-14(22)11-29(18)19)26-7-6-21(23,24)25/h3,6,9-15,20,33H,4-5,7-8H2,1-2H3,(H,35,37);2,5,8-11,15,26H,3-4,6-7H2,1H3,(H,28,30). The van der Waals surface area contributed by atoms with Gasteiger partial charge < -0.3 is 21.3 Å². The average molecular weight is 1020 g/mol. The molecule has 2 aliphatic rings. The third-order valence-electron chi connectivity index (χ3n) is 11.2. The van der Waals surface area contributed by atoms with Crippen LogP contribution in [0.3, 0.4) is 0 Å².